The third kappa shape index (κ3) is 2.17. The highest BCUT2D eigenvalue weighted by Crippen LogP contribution is 2.42. The molecule has 96 valence electrons. The fourth-order valence-corrected chi connectivity index (χ4v) is 2.57. The fraction of sp³-hybridized carbons (Fsp3) is 0.750. The van der Waals surface area contributed by atoms with Crippen LogP contribution in [0.3, 0.4) is 0 Å². The molecule has 0 bridgehead atoms. The van der Waals surface area contributed by atoms with Crippen molar-refractivity contribution in [3.63, 3.8) is 0 Å². The Morgan fingerprint density at radius 1 is 1.53 bits per heavy atom. The number of aryl methyl sites for hydroxylation is 1. The molecule has 1 aliphatic rings. The maximum absolute atomic E-state index is 6.27. The highest BCUT2D eigenvalue weighted by molar-refractivity contribution is 5.28. The van der Waals surface area contributed by atoms with Crippen LogP contribution in [0.15, 0.2) is 6.20 Å². The largest absolute Gasteiger partial charge is 0.493 e. The second-order valence-electron chi connectivity index (χ2n) is 4.77. The summed E-state index contributed by atoms with van der Waals surface area (Å²) < 4.78 is 12.7. The van der Waals surface area contributed by atoms with Gasteiger partial charge in [-0.3, -0.25) is 4.68 Å². The quantitative estimate of drug-likeness (QED) is 0.843. The smallest absolute Gasteiger partial charge is 0.161 e. The second-order valence-corrected chi connectivity index (χ2v) is 4.77. The van der Waals surface area contributed by atoms with Crippen molar-refractivity contribution >= 4 is 0 Å². The lowest BCUT2D eigenvalue weighted by molar-refractivity contribution is -0.0821. The molecule has 0 spiro atoms. The van der Waals surface area contributed by atoms with Crippen molar-refractivity contribution in [2.45, 2.75) is 37.3 Å². The van der Waals surface area contributed by atoms with Crippen LogP contribution in [0.1, 0.15) is 37.4 Å². The molecule has 0 amide bonds. The van der Waals surface area contributed by atoms with Crippen LogP contribution in [-0.4, -0.2) is 29.6 Å². The average molecular weight is 239 g/mol. The lowest BCUT2D eigenvalue weighted by Gasteiger charge is -2.42. The van der Waals surface area contributed by atoms with Crippen LogP contribution in [0.25, 0.3) is 0 Å². The summed E-state index contributed by atoms with van der Waals surface area (Å²) >= 11 is 0. The third-order valence-corrected chi connectivity index (χ3v) is 3.81. The number of methoxy groups -OCH3 is 2. The number of ether oxygens (including phenoxy) is 2. The first-order chi connectivity index (χ1) is 8.12. The fourth-order valence-electron chi connectivity index (χ4n) is 2.57. The van der Waals surface area contributed by atoms with E-state index in [1.165, 1.54) is 6.42 Å². The number of aromatic nitrogens is 2. The molecule has 1 fully saturated rings. The maximum atomic E-state index is 6.27. The zero-order valence-corrected chi connectivity index (χ0v) is 10.8. The minimum Gasteiger partial charge on any atom is -0.493 e. The summed E-state index contributed by atoms with van der Waals surface area (Å²) in [7, 11) is 5.30. The molecule has 1 heterocycles. The summed E-state index contributed by atoms with van der Waals surface area (Å²) in [5.41, 5.74) is 7.17. The van der Waals surface area contributed by atoms with E-state index in [0.717, 1.165) is 30.7 Å². The topological polar surface area (TPSA) is 62.3 Å². The summed E-state index contributed by atoms with van der Waals surface area (Å²) in [5, 5.41) is 4.18. The predicted octanol–water partition coefficient (Wildman–Crippen LogP) is 1.39. The summed E-state index contributed by atoms with van der Waals surface area (Å²) in [6.07, 6.45) is 5.94. The van der Waals surface area contributed by atoms with Gasteiger partial charge >= 0.3 is 0 Å². The standard InChI is InChI=1S/C12H21N3O2/c1-15-11(10(16-2)8-14-15)9(13)7-12(17-3)5-4-6-12/h8-9H,4-7,13H2,1-3H3. The number of nitrogens with two attached hydrogens (primary N) is 1. The highest BCUT2D eigenvalue weighted by atomic mass is 16.5. The van der Waals surface area contributed by atoms with Gasteiger partial charge in [-0.25, -0.2) is 0 Å². The van der Waals surface area contributed by atoms with Gasteiger partial charge < -0.3 is 15.2 Å². The van der Waals surface area contributed by atoms with Crippen LogP contribution in [0.5, 0.6) is 5.75 Å². The SMILES string of the molecule is COc1cnn(C)c1C(N)CC1(OC)CCC1. The third-order valence-electron chi connectivity index (χ3n) is 3.81. The Balaban J connectivity index is 2.13. The number of rotatable bonds is 5. The molecule has 5 heteroatoms. The predicted molar refractivity (Wildman–Crippen MR) is 64.9 cm³/mol. The van der Waals surface area contributed by atoms with Crippen LogP contribution in [0.2, 0.25) is 0 Å². The van der Waals surface area contributed by atoms with Crippen LogP contribution >= 0.6 is 0 Å². The Bertz CT molecular complexity index is 380. The van der Waals surface area contributed by atoms with E-state index in [1.54, 1.807) is 25.1 Å². The van der Waals surface area contributed by atoms with Crippen molar-refractivity contribution in [1.29, 1.82) is 0 Å². The van der Waals surface area contributed by atoms with Crippen molar-refractivity contribution in [2.24, 2.45) is 12.8 Å². The lowest BCUT2D eigenvalue weighted by atomic mass is 9.75. The highest BCUT2D eigenvalue weighted by Gasteiger charge is 2.39. The minimum atomic E-state index is -0.0994. The molecule has 5 nitrogen and oxygen atoms in total. The number of nitrogens with zero attached hydrogens (tertiary/aromatic N) is 2. The van der Waals surface area contributed by atoms with Gasteiger partial charge in [0.2, 0.25) is 0 Å². The van der Waals surface area contributed by atoms with Gasteiger partial charge in [0.1, 0.15) is 0 Å². The van der Waals surface area contributed by atoms with Gasteiger partial charge in [0.25, 0.3) is 0 Å². The second kappa shape index (κ2) is 4.66. The van der Waals surface area contributed by atoms with E-state index in [1.807, 2.05) is 7.05 Å². The van der Waals surface area contributed by atoms with Crippen LogP contribution in [-0.2, 0) is 11.8 Å². The molecule has 1 atom stereocenters. The van der Waals surface area contributed by atoms with Crippen molar-refractivity contribution in [3.8, 4) is 5.75 Å². The first kappa shape index (κ1) is 12.4. The molecule has 0 aromatic carbocycles. The van der Waals surface area contributed by atoms with E-state index in [-0.39, 0.29) is 11.6 Å². The Morgan fingerprint density at radius 2 is 2.24 bits per heavy atom. The monoisotopic (exact) mass is 239 g/mol. The maximum Gasteiger partial charge on any atom is 0.161 e. The van der Waals surface area contributed by atoms with Crippen molar-refractivity contribution in [3.05, 3.63) is 11.9 Å². The Morgan fingerprint density at radius 3 is 2.71 bits per heavy atom. The normalized spacial score (nSPS) is 19.8. The molecular formula is C12H21N3O2. The van der Waals surface area contributed by atoms with Gasteiger partial charge in [0, 0.05) is 14.2 Å². The number of hydrogen-bond acceptors (Lipinski definition) is 4. The molecule has 1 unspecified atom stereocenters. The van der Waals surface area contributed by atoms with E-state index >= 15 is 0 Å². The molecule has 2 rings (SSSR count). The molecule has 0 radical (unpaired) electrons. The van der Waals surface area contributed by atoms with E-state index in [0.29, 0.717) is 0 Å². The Kier molecular flexibility index (Phi) is 3.40. The van der Waals surface area contributed by atoms with Crippen molar-refractivity contribution in [1.82, 2.24) is 9.78 Å². The molecule has 1 aromatic rings. The van der Waals surface area contributed by atoms with E-state index in [2.05, 4.69) is 5.10 Å². The molecular weight excluding hydrogens is 218 g/mol. The van der Waals surface area contributed by atoms with E-state index < -0.39 is 0 Å². The average Bonchev–Trinajstić information content (AvgIpc) is 2.64. The minimum absolute atomic E-state index is 0.0330. The molecule has 1 aromatic heterocycles. The zero-order valence-electron chi connectivity index (χ0n) is 10.8. The summed E-state index contributed by atoms with van der Waals surface area (Å²) in [6.45, 7) is 0. The first-order valence-corrected chi connectivity index (χ1v) is 5.98. The zero-order chi connectivity index (χ0) is 12.5. The molecule has 0 aliphatic heterocycles. The molecule has 17 heavy (non-hydrogen) atoms. The molecule has 1 saturated carbocycles. The number of hydrogen-bond donors (Lipinski definition) is 1. The van der Waals surface area contributed by atoms with Gasteiger partial charge in [-0.15, -0.1) is 0 Å². The summed E-state index contributed by atoms with van der Waals surface area (Å²) in [6, 6.07) is -0.0994. The van der Waals surface area contributed by atoms with Gasteiger partial charge in [-0.1, -0.05) is 0 Å². The molecule has 0 saturated heterocycles. The van der Waals surface area contributed by atoms with Crippen molar-refractivity contribution < 1.29 is 9.47 Å². The van der Waals surface area contributed by atoms with Crippen LogP contribution < -0.4 is 10.5 Å². The summed E-state index contributed by atoms with van der Waals surface area (Å²) in [4.78, 5) is 0. The summed E-state index contributed by atoms with van der Waals surface area (Å²) in [5.74, 6) is 0.755. The van der Waals surface area contributed by atoms with E-state index in [9.17, 15) is 0 Å². The van der Waals surface area contributed by atoms with Crippen LogP contribution in [0, 0.1) is 0 Å². The first-order valence-electron chi connectivity index (χ1n) is 5.98. The Labute approximate surface area is 102 Å². The Hall–Kier alpha value is -1.07. The van der Waals surface area contributed by atoms with Crippen molar-refractivity contribution in [2.75, 3.05) is 14.2 Å². The van der Waals surface area contributed by atoms with Gasteiger partial charge in [-0.2, -0.15) is 5.10 Å². The van der Waals surface area contributed by atoms with Gasteiger partial charge in [0.05, 0.1) is 30.6 Å². The molecule has 1 aliphatic carbocycles. The lowest BCUT2D eigenvalue weighted by Crippen LogP contribution is -2.42. The van der Waals surface area contributed by atoms with Gasteiger partial charge in [-0.05, 0) is 25.7 Å². The molecule has 2 N–H and O–H groups in total. The van der Waals surface area contributed by atoms with E-state index in [4.69, 9.17) is 15.2 Å². The van der Waals surface area contributed by atoms with Gasteiger partial charge in [0.15, 0.2) is 5.75 Å². The van der Waals surface area contributed by atoms with Crippen LogP contribution in [0.4, 0.5) is 0 Å².